The summed E-state index contributed by atoms with van der Waals surface area (Å²) < 4.78 is 5.99. The van der Waals surface area contributed by atoms with Crippen molar-refractivity contribution in [3.63, 3.8) is 0 Å². The molecule has 4 heteroatoms. The Morgan fingerprint density at radius 1 is 1.12 bits per heavy atom. The Bertz CT molecular complexity index is 618. The molecule has 0 bridgehead atoms. The SMILES string of the molecule is CNC1CCN(C(=O)COc2ccc(C(C)(C)C)cc2C(C)(C)C)CC1. The van der Waals surface area contributed by atoms with Crippen LogP contribution in [0.3, 0.4) is 0 Å². The average molecular weight is 361 g/mol. The predicted molar refractivity (Wildman–Crippen MR) is 108 cm³/mol. The van der Waals surface area contributed by atoms with Gasteiger partial charge in [0.05, 0.1) is 0 Å². The van der Waals surface area contributed by atoms with Gasteiger partial charge in [0.25, 0.3) is 5.91 Å². The summed E-state index contributed by atoms with van der Waals surface area (Å²) in [5.41, 5.74) is 2.50. The van der Waals surface area contributed by atoms with Crippen LogP contribution >= 0.6 is 0 Å². The summed E-state index contributed by atoms with van der Waals surface area (Å²) in [6.45, 7) is 14.9. The number of nitrogens with zero attached hydrogens (tertiary/aromatic N) is 1. The fourth-order valence-electron chi connectivity index (χ4n) is 3.36. The topological polar surface area (TPSA) is 41.6 Å². The van der Waals surface area contributed by atoms with Gasteiger partial charge in [-0.3, -0.25) is 4.79 Å². The third-order valence-electron chi connectivity index (χ3n) is 5.26. The quantitative estimate of drug-likeness (QED) is 0.886. The first-order chi connectivity index (χ1) is 12.0. The third kappa shape index (κ3) is 5.23. The van der Waals surface area contributed by atoms with E-state index in [4.69, 9.17) is 4.74 Å². The number of carbonyl (C=O) groups is 1. The van der Waals surface area contributed by atoms with Gasteiger partial charge >= 0.3 is 0 Å². The summed E-state index contributed by atoms with van der Waals surface area (Å²) in [6.07, 6.45) is 2.02. The summed E-state index contributed by atoms with van der Waals surface area (Å²) in [7, 11) is 1.99. The number of nitrogens with one attached hydrogen (secondary N) is 1. The van der Waals surface area contributed by atoms with Crippen molar-refractivity contribution in [3.8, 4) is 5.75 Å². The summed E-state index contributed by atoms with van der Waals surface area (Å²) in [5.74, 6) is 0.906. The van der Waals surface area contributed by atoms with Crippen LogP contribution in [-0.4, -0.2) is 43.6 Å². The molecule has 1 fully saturated rings. The van der Waals surface area contributed by atoms with Crippen LogP contribution < -0.4 is 10.1 Å². The van der Waals surface area contributed by atoms with Crippen molar-refractivity contribution in [2.24, 2.45) is 0 Å². The molecule has 1 heterocycles. The van der Waals surface area contributed by atoms with E-state index in [1.807, 2.05) is 18.0 Å². The van der Waals surface area contributed by atoms with Gasteiger partial charge < -0.3 is 15.0 Å². The van der Waals surface area contributed by atoms with Crippen LogP contribution in [0, 0.1) is 0 Å². The second kappa shape index (κ2) is 7.99. The van der Waals surface area contributed by atoms with Crippen molar-refractivity contribution < 1.29 is 9.53 Å². The molecule has 146 valence electrons. The number of amides is 1. The molecular weight excluding hydrogens is 324 g/mol. The Kier molecular flexibility index (Phi) is 6.38. The maximum atomic E-state index is 12.5. The standard InChI is InChI=1S/C22H36N2O2/c1-21(2,3)16-8-9-19(18(14-16)22(4,5)6)26-15-20(25)24-12-10-17(23-7)11-13-24/h8-9,14,17,23H,10-13,15H2,1-7H3. The van der Waals surface area contributed by atoms with E-state index in [-0.39, 0.29) is 23.3 Å². The van der Waals surface area contributed by atoms with Crippen LogP contribution in [0.25, 0.3) is 0 Å². The maximum Gasteiger partial charge on any atom is 0.260 e. The Morgan fingerprint density at radius 3 is 2.23 bits per heavy atom. The second-order valence-electron chi connectivity index (χ2n) is 9.44. The van der Waals surface area contributed by atoms with Crippen molar-refractivity contribution in [2.45, 2.75) is 71.3 Å². The van der Waals surface area contributed by atoms with Crippen LogP contribution in [-0.2, 0) is 15.6 Å². The highest BCUT2D eigenvalue weighted by Crippen LogP contribution is 2.35. The minimum absolute atomic E-state index is 0.0369. The fourth-order valence-corrected chi connectivity index (χ4v) is 3.36. The lowest BCUT2D eigenvalue weighted by atomic mass is 9.80. The molecule has 2 rings (SSSR count). The van der Waals surface area contributed by atoms with Crippen LogP contribution in [0.1, 0.15) is 65.5 Å². The number of hydrogen-bond donors (Lipinski definition) is 1. The maximum absolute atomic E-state index is 12.5. The van der Waals surface area contributed by atoms with Crippen LogP contribution in [0.2, 0.25) is 0 Å². The van der Waals surface area contributed by atoms with Crippen LogP contribution in [0.5, 0.6) is 5.75 Å². The van der Waals surface area contributed by atoms with Crippen molar-refractivity contribution in [2.75, 3.05) is 26.7 Å². The number of hydrogen-bond acceptors (Lipinski definition) is 3. The monoisotopic (exact) mass is 360 g/mol. The van der Waals surface area contributed by atoms with Gasteiger partial charge in [-0.2, -0.15) is 0 Å². The first kappa shape index (κ1) is 20.8. The van der Waals surface area contributed by atoms with Gasteiger partial charge in [-0.25, -0.2) is 0 Å². The molecule has 0 atom stereocenters. The van der Waals surface area contributed by atoms with Crippen LogP contribution in [0.4, 0.5) is 0 Å². The van der Waals surface area contributed by atoms with E-state index in [9.17, 15) is 4.79 Å². The summed E-state index contributed by atoms with van der Waals surface area (Å²) in [4.78, 5) is 14.5. The van der Waals surface area contributed by atoms with Gasteiger partial charge in [0.1, 0.15) is 5.75 Å². The van der Waals surface area contributed by atoms with E-state index in [0.29, 0.717) is 6.04 Å². The number of carbonyl (C=O) groups excluding carboxylic acids is 1. The minimum atomic E-state index is -0.0369. The molecule has 1 saturated heterocycles. The molecule has 1 aliphatic heterocycles. The molecule has 4 nitrogen and oxygen atoms in total. The lowest BCUT2D eigenvalue weighted by Gasteiger charge is -2.32. The van der Waals surface area contributed by atoms with E-state index in [0.717, 1.165) is 37.2 Å². The Hall–Kier alpha value is -1.55. The van der Waals surface area contributed by atoms with Gasteiger partial charge in [-0.05, 0) is 47.9 Å². The fraction of sp³-hybridized carbons (Fsp3) is 0.682. The Labute approximate surface area is 159 Å². The van der Waals surface area contributed by atoms with E-state index >= 15 is 0 Å². The number of benzene rings is 1. The van der Waals surface area contributed by atoms with Gasteiger partial charge in [0.2, 0.25) is 0 Å². The van der Waals surface area contributed by atoms with E-state index in [1.165, 1.54) is 5.56 Å². The number of rotatable bonds is 4. The molecule has 0 saturated carbocycles. The zero-order chi connectivity index (χ0) is 19.5. The summed E-state index contributed by atoms with van der Waals surface area (Å²) in [5, 5.41) is 3.29. The van der Waals surface area contributed by atoms with Gasteiger partial charge in [-0.1, -0.05) is 53.7 Å². The summed E-state index contributed by atoms with van der Waals surface area (Å²) in [6, 6.07) is 6.91. The zero-order valence-corrected chi connectivity index (χ0v) is 17.6. The molecule has 1 aliphatic rings. The Balaban J connectivity index is 2.08. The molecule has 0 radical (unpaired) electrons. The molecule has 26 heavy (non-hydrogen) atoms. The number of likely N-dealkylation sites (tertiary alicyclic amines) is 1. The average Bonchev–Trinajstić information content (AvgIpc) is 2.58. The highest BCUT2D eigenvalue weighted by atomic mass is 16.5. The van der Waals surface area contributed by atoms with Crippen molar-refractivity contribution >= 4 is 5.91 Å². The number of ether oxygens (including phenoxy) is 1. The van der Waals surface area contributed by atoms with Gasteiger partial charge in [-0.15, -0.1) is 0 Å². The third-order valence-corrected chi connectivity index (χ3v) is 5.26. The number of piperidine rings is 1. The Morgan fingerprint density at radius 2 is 1.73 bits per heavy atom. The van der Waals surface area contributed by atoms with Crippen molar-refractivity contribution in [1.82, 2.24) is 10.2 Å². The molecule has 1 N–H and O–H groups in total. The normalized spacial score (nSPS) is 16.7. The van der Waals surface area contributed by atoms with Gasteiger partial charge in [0, 0.05) is 19.1 Å². The minimum Gasteiger partial charge on any atom is -0.483 e. The van der Waals surface area contributed by atoms with E-state index in [1.54, 1.807) is 0 Å². The first-order valence-corrected chi connectivity index (χ1v) is 9.75. The zero-order valence-electron chi connectivity index (χ0n) is 17.6. The van der Waals surface area contributed by atoms with Crippen molar-refractivity contribution in [3.05, 3.63) is 29.3 Å². The predicted octanol–water partition coefficient (Wildman–Crippen LogP) is 3.87. The largest absolute Gasteiger partial charge is 0.483 e. The molecule has 1 aromatic rings. The smallest absolute Gasteiger partial charge is 0.260 e. The molecule has 0 aliphatic carbocycles. The lowest BCUT2D eigenvalue weighted by molar-refractivity contribution is -0.134. The molecular formula is C22H36N2O2. The van der Waals surface area contributed by atoms with Crippen LogP contribution in [0.15, 0.2) is 18.2 Å². The summed E-state index contributed by atoms with van der Waals surface area (Å²) >= 11 is 0. The highest BCUT2D eigenvalue weighted by Gasteiger charge is 2.25. The molecule has 1 aromatic carbocycles. The van der Waals surface area contributed by atoms with Crippen molar-refractivity contribution in [1.29, 1.82) is 0 Å². The van der Waals surface area contributed by atoms with E-state index < -0.39 is 0 Å². The lowest BCUT2D eigenvalue weighted by Crippen LogP contribution is -2.45. The first-order valence-electron chi connectivity index (χ1n) is 9.75. The molecule has 0 spiro atoms. The molecule has 0 unspecified atom stereocenters. The second-order valence-corrected chi connectivity index (χ2v) is 9.44. The van der Waals surface area contributed by atoms with E-state index in [2.05, 4.69) is 59.0 Å². The molecule has 1 amide bonds. The van der Waals surface area contributed by atoms with Gasteiger partial charge in [0.15, 0.2) is 6.61 Å². The molecule has 0 aromatic heterocycles. The highest BCUT2D eigenvalue weighted by molar-refractivity contribution is 5.78.